The maximum Gasteiger partial charge on any atom is 0.173 e. The van der Waals surface area contributed by atoms with Crippen molar-refractivity contribution in [3.05, 3.63) is 67.3 Å². The molecule has 0 unspecified atom stereocenters. The summed E-state index contributed by atoms with van der Waals surface area (Å²) in [6, 6.07) is 13.4. The number of pyridine rings is 2. The molecule has 28 heavy (non-hydrogen) atoms. The van der Waals surface area contributed by atoms with Crippen molar-refractivity contribution in [3.63, 3.8) is 0 Å². The fourth-order valence-electron chi connectivity index (χ4n) is 3.15. The lowest BCUT2D eigenvalue weighted by atomic mass is 9.96. The molecule has 1 aliphatic heterocycles. The predicted octanol–water partition coefficient (Wildman–Crippen LogP) is 2.35. The van der Waals surface area contributed by atoms with Crippen molar-refractivity contribution in [2.75, 3.05) is 5.75 Å². The van der Waals surface area contributed by atoms with Crippen LogP contribution in [0.3, 0.4) is 0 Å². The summed E-state index contributed by atoms with van der Waals surface area (Å²) in [5.41, 5.74) is 3.15. The molecular weight excluding hydrogens is 376 g/mol. The van der Waals surface area contributed by atoms with Gasteiger partial charge in [0.25, 0.3) is 0 Å². The Bertz CT molecular complexity index is 926. The number of thioether (sulfide) groups is 1. The van der Waals surface area contributed by atoms with Crippen LogP contribution in [-0.2, 0) is 0 Å². The smallest absolute Gasteiger partial charge is 0.173 e. The van der Waals surface area contributed by atoms with E-state index in [0.717, 1.165) is 22.3 Å². The highest BCUT2D eigenvalue weighted by Gasteiger charge is 2.38. The molecular formula is C21H20N2O4S. The molecule has 4 rings (SSSR count). The third-order valence-corrected chi connectivity index (χ3v) is 5.88. The number of aliphatic hydroxyl groups is 3. The minimum absolute atomic E-state index is 0.298. The molecule has 0 aliphatic carbocycles. The Kier molecular flexibility index (Phi) is 5.59. The molecule has 3 N–H and O–H groups in total. The molecule has 0 spiro atoms. The second-order valence-corrected chi connectivity index (χ2v) is 7.69. The molecule has 3 heterocycles. The largest absolute Gasteiger partial charge is 0.477 e. The SMILES string of the molecule is O[C@@H]1[C@@H](O)[C@@H](Oc2ccc(-c3cccnc3)c(-c3cccnc3)c2)SC[C@H]1O. The Labute approximate surface area is 166 Å². The zero-order chi connectivity index (χ0) is 19.5. The maximum absolute atomic E-state index is 10.2. The van der Waals surface area contributed by atoms with E-state index in [0.29, 0.717) is 11.5 Å². The van der Waals surface area contributed by atoms with Crippen LogP contribution in [0, 0.1) is 0 Å². The summed E-state index contributed by atoms with van der Waals surface area (Å²) in [5.74, 6) is 0.859. The van der Waals surface area contributed by atoms with Crippen LogP contribution >= 0.6 is 11.8 Å². The molecule has 3 aromatic rings. The number of aromatic nitrogens is 2. The van der Waals surface area contributed by atoms with Gasteiger partial charge in [-0.3, -0.25) is 9.97 Å². The van der Waals surface area contributed by atoms with Gasteiger partial charge in [0.1, 0.15) is 18.0 Å². The van der Waals surface area contributed by atoms with Crippen molar-refractivity contribution in [1.82, 2.24) is 9.97 Å². The van der Waals surface area contributed by atoms with Gasteiger partial charge in [0, 0.05) is 41.7 Å². The molecule has 1 saturated heterocycles. The first kappa shape index (κ1) is 18.9. The average molecular weight is 396 g/mol. The predicted molar refractivity (Wildman–Crippen MR) is 108 cm³/mol. The second kappa shape index (κ2) is 8.28. The van der Waals surface area contributed by atoms with Crippen LogP contribution in [0.2, 0.25) is 0 Å². The molecule has 7 heteroatoms. The lowest BCUT2D eigenvalue weighted by molar-refractivity contribution is -0.0786. The summed E-state index contributed by atoms with van der Waals surface area (Å²) in [6.07, 6.45) is 3.67. The molecule has 1 aliphatic rings. The topological polar surface area (TPSA) is 95.7 Å². The van der Waals surface area contributed by atoms with Gasteiger partial charge in [-0.1, -0.05) is 18.2 Å². The monoisotopic (exact) mass is 396 g/mol. The standard InChI is InChI=1S/C21H20N2O4S/c24-18-12-28-21(20(26)19(18)25)27-15-5-6-16(13-3-1-7-22-10-13)17(9-15)14-4-2-8-23-11-14/h1-11,18-21,24-26H,12H2/t18-,19+,20-,21+/m1/s1. The zero-order valence-electron chi connectivity index (χ0n) is 14.9. The van der Waals surface area contributed by atoms with Crippen LogP contribution in [0.5, 0.6) is 5.75 Å². The van der Waals surface area contributed by atoms with E-state index in [1.807, 2.05) is 42.5 Å². The summed E-state index contributed by atoms with van der Waals surface area (Å²) in [6.45, 7) is 0. The van der Waals surface area contributed by atoms with Crippen molar-refractivity contribution >= 4 is 11.8 Å². The number of ether oxygens (including phenoxy) is 1. The molecule has 0 amide bonds. The highest BCUT2D eigenvalue weighted by atomic mass is 32.2. The van der Waals surface area contributed by atoms with E-state index >= 15 is 0 Å². The number of nitrogens with zero attached hydrogens (tertiary/aromatic N) is 2. The number of hydrogen-bond acceptors (Lipinski definition) is 7. The average Bonchev–Trinajstić information content (AvgIpc) is 2.75. The summed E-state index contributed by atoms with van der Waals surface area (Å²) in [4.78, 5) is 8.41. The molecule has 0 radical (unpaired) electrons. The van der Waals surface area contributed by atoms with Crippen LogP contribution in [0.25, 0.3) is 22.3 Å². The van der Waals surface area contributed by atoms with Crippen molar-refractivity contribution in [3.8, 4) is 28.0 Å². The summed E-state index contributed by atoms with van der Waals surface area (Å²) < 4.78 is 5.95. The third-order valence-electron chi connectivity index (χ3n) is 4.64. The minimum atomic E-state index is -1.22. The minimum Gasteiger partial charge on any atom is -0.477 e. The first-order valence-electron chi connectivity index (χ1n) is 8.91. The van der Waals surface area contributed by atoms with Gasteiger partial charge in [-0.25, -0.2) is 0 Å². The van der Waals surface area contributed by atoms with E-state index in [1.165, 1.54) is 11.8 Å². The Morgan fingerprint density at radius 1 is 0.857 bits per heavy atom. The summed E-state index contributed by atoms with van der Waals surface area (Å²) in [5, 5.41) is 29.8. The number of aliphatic hydroxyl groups excluding tert-OH is 3. The fraction of sp³-hybridized carbons (Fsp3) is 0.238. The first-order valence-corrected chi connectivity index (χ1v) is 9.95. The summed E-state index contributed by atoms with van der Waals surface area (Å²) >= 11 is 1.28. The number of hydrogen-bond donors (Lipinski definition) is 3. The normalized spacial score (nSPS) is 24.7. The van der Waals surface area contributed by atoms with Gasteiger partial charge in [0.2, 0.25) is 0 Å². The van der Waals surface area contributed by atoms with Crippen molar-refractivity contribution in [2.45, 2.75) is 23.7 Å². The van der Waals surface area contributed by atoms with E-state index in [4.69, 9.17) is 4.74 Å². The van der Waals surface area contributed by atoms with E-state index in [1.54, 1.807) is 24.8 Å². The molecule has 0 bridgehead atoms. The zero-order valence-corrected chi connectivity index (χ0v) is 15.7. The van der Waals surface area contributed by atoms with Crippen LogP contribution < -0.4 is 4.74 Å². The molecule has 144 valence electrons. The highest BCUT2D eigenvalue weighted by Crippen LogP contribution is 2.36. The first-order chi connectivity index (χ1) is 13.6. The van der Waals surface area contributed by atoms with Crippen LogP contribution in [-0.4, -0.2) is 54.8 Å². The van der Waals surface area contributed by atoms with Crippen molar-refractivity contribution in [1.29, 1.82) is 0 Å². The summed E-state index contributed by atoms with van der Waals surface area (Å²) in [7, 11) is 0. The van der Waals surface area contributed by atoms with Gasteiger partial charge in [0.05, 0.1) is 6.10 Å². The van der Waals surface area contributed by atoms with Crippen molar-refractivity contribution in [2.24, 2.45) is 0 Å². The molecule has 4 atom stereocenters. The van der Waals surface area contributed by atoms with Crippen LogP contribution in [0.15, 0.2) is 67.3 Å². The Morgan fingerprint density at radius 3 is 2.18 bits per heavy atom. The van der Waals surface area contributed by atoms with Crippen molar-refractivity contribution < 1.29 is 20.1 Å². The fourth-order valence-corrected chi connectivity index (χ4v) is 4.27. The van der Waals surface area contributed by atoms with Gasteiger partial charge in [-0.05, 0) is 35.4 Å². The van der Waals surface area contributed by atoms with Gasteiger partial charge in [0.15, 0.2) is 5.44 Å². The Morgan fingerprint density at radius 2 is 1.54 bits per heavy atom. The Hall–Kier alpha value is -2.45. The van der Waals surface area contributed by atoms with Gasteiger partial charge >= 0.3 is 0 Å². The van der Waals surface area contributed by atoms with E-state index in [-0.39, 0.29) is 0 Å². The number of rotatable bonds is 4. The van der Waals surface area contributed by atoms with Gasteiger partial charge in [-0.2, -0.15) is 0 Å². The molecule has 1 aromatic carbocycles. The Balaban J connectivity index is 1.69. The molecule has 1 fully saturated rings. The molecule has 6 nitrogen and oxygen atoms in total. The lowest BCUT2D eigenvalue weighted by Crippen LogP contribution is -2.50. The van der Waals surface area contributed by atoms with Gasteiger partial charge in [-0.15, -0.1) is 11.8 Å². The quantitative estimate of drug-likeness (QED) is 0.623. The lowest BCUT2D eigenvalue weighted by Gasteiger charge is -2.34. The highest BCUT2D eigenvalue weighted by molar-refractivity contribution is 7.99. The van der Waals surface area contributed by atoms with E-state index in [9.17, 15) is 15.3 Å². The van der Waals surface area contributed by atoms with E-state index < -0.39 is 23.7 Å². The molecule has 2 aromatic heterocycles. The number of benzene rings is 1. The maximum atomic E-state index is 10.2. The van der Waals surface area contributed by atoms with Gasteiger partial charge < -0.3 is 20.1 Å². The van der Waals surface area contributed by atoms with Crippen LogP contribution in [0.1, 0.15) is 0 Å². The van der Waals surface area contributed by atoms with Crippen LogP contribution in [0.4, 0.5) is 0 Å². The second-order valence-electron chi connectivity index (χ2n) is 6.56. The van der Waals surface area contributed by atoms with E-state index in [2.05, 4.69) is 9.97 Å². The third kappa shape index (κ3) is 3.88. The molecule has 0 saturated carbocycles.